The Morgan fingerprint density at radius 3 is 2.96 bits per heavy atom. The van der Waals surface area contributed by atoms with E-state index in [1.807, 2.05) is 6.20 Å². The second kappa shape index (κ2) is 6.23. The highest BCUT2D eigenvalue weighted by molar-refractivity contribution is 5.97. The Labute approximate surface area is 163 Å². The van der Waals surface area contributed by atoms with Crippen molar-refractivity contribution in [2.24, 2.45) is 7.05 Å². The minimum atomic E-state index is -2.11. The van der Waals surface area contributed by atoms with Gasteiger partial charge in [-0.15, -0.1) is 0 Å². The third-order valence-electron chi connectivity index (χ3n) is 4.76. The summed E-state index contributed by atoms with van der Waals surface area (Å²) in [6.07, 6.45) is 6.59. The summed E-state index contributed by atoms with van der Waals surface area (Å²) in [5.74, 6) is -1.03. The zero-order valence-electron chi connectivity index (χ0n) is 16.9. The number of hydrogen-bond donors (Lipinski definition) is 0. The van der Waals surface area contributed by atoms with Gasteiger partial charge in [-0.1, -0.05) is 12.1 Å². The predicted octanol–water partition coefficient (Wildman–Crippen LogP) is 3.33. The van der Waals surface area contributed by atoms with Gasteiger partial charge in [-0.25, -0.2) is 4.39 Å². The van der Waals surface area contributed by atoms with Crippen molar-refractivity contribution in [3.05, 3.63) is 77.8 Å². The van der Waals surface area contributed by atoms with Crippen LogP contribution in [0, 0.1) is 5.82 Å². The molecule has 5 rings (SSSR count). The highest BCUT2D eigenvalue weighted by Gasteiger charge is 2.28. The molecule has 0 bridgehead atoms. The second-order valence-electron chi connectivity index (χ2n) is 6.63. The van der Waals surface area contributed by atoms with Crippen molar-refractivity contribution in [2.75, 3.05) is 0 Å². The van der Waals surface area contributed by atoms with E-state index < -0.39 is 18.2 Å². The molecule has 1 aliphatic rings. The highest BCUT2D eigenvalue weighted by atomic mass is 19.1. The molecule has 4 aromatic rings. The van der Waals surface area contributed by atoms with Gasteiger partial charge in [-0.05, 0) is 23.8 Å². The van der Waals surface area contributed by atoms with Gasteiger partial charge in [0.05, 0.1) is 26.7 Å². The van der Waals surface area contributed by atoms with E-state index >= 15 is 0 Å². The summed E-state index contributed by atoms with van der Waals surface area (Å²) in [5, 5.41) is 5.17. The Hall–Kier alpha value is -3.61. The predicted molar refractivity (Wildman–Crippen MR) is 102 cm³/mol. The minimum absolute atomic E-state index is 0.0568. The summed E-state index contributed by atoms with van der Waals surface area (Å²) in [6, 6.07) is 7.80. The summed E-state index contributed by atoms with van der Waals surface area (Å²) >= 11 is 0. The van der Waals surface area contributed by atoms with Crippen molar-refractivity contribution in [3.8, 4) is 11.1 Å². The summed E-state index contributed by atoms with van der Waals surface area (Å²) in [5.41, 5.74) is 2.56. The smallest absolute Gasteiger partial charge is 0.256 e. The number of benzene rings is 1. The van der Waals surface area contributed by atoms with E-state index in [0.717, 1.165) is 15.8 Å². The first kappa shape index (κ1) is 14.4. The van der Waals surface area contributed by atoms with Gasteiger partial charge in [-0.2, -0.15) is 5.10 Å². The molecule has 0 unspecified atom stereocenters. The number of amides is 1. The Morgan fingerprint density at radius 2 is 2.14 bits per heavy atom. The molecule has 4 heterocycles. The molecule has 1 aromatic carbocycles. The van der Waals surface area contributed by atoms with Gasteiger partial charge in [0.15, 0.2) is 0 Å². The molecule has 0 N–H and O–H groups in total. The van der Waals surface area contributed by atoms with Crippen LogP contribution in [0.5, 0.6) is 0 Å². The van der Waals surface area contributed by atoms with E-state index in [2.05, 4.69) is 15.1 Å². The number of fused-ring (bicyclic) bond motifs is 2. The third-order valence-corrected chi connectivity index (χ3v) is 4.76. The number of pyridine rings is 2. The van der Waals surface area contributed by atoms with Crippen LogP contribution in [0.15, 0.2) is 55.1 Å². The molecule has 1 aliphatic heterocycles. The largest absolute Gasteiger partial charge is 0.328 e. The topological polar surface area (TPSA) is 63.9 Å². The Balaban J connectivity index is 1.50. The van der Waals surface area contributed by atoms with Crippen LogP contribution in [0.4, 0.5) is 4.39 Å². The fourth-order valence-corrected chi connectivity index (χ4v) is 3.41. The van der Waals surface area contributed by atoms with Crippen LogP contribution in [0.25, 0.3) is 22.0 Å². The molecule has 0 spiro atoms. The van der Waals surface area contributed by atoms with E-state index in [1.54, 1.807) is 42.3 Å². The maximum absolute atomic E-state index is 15.0. The molecule has 0 aliphatic carbocycles. The van der Waals surface area contributed by atoms with Gasteiger partial charge < -0.3 is 4.90 Å². The number of aryl methyl sites for hydroxylation is 1. The van der Waals surface area contributed by atoms with Crippen LogP contribution >= 0.6 is 0 Å². The van der Waals surface area contributed by atoms with E-state index in [9.17, 15) is 9.18 Å². The summed E-state index contributed by atoms with van der Waals surface area (Å²) in [4.78, 5) is 21.9. The molecule has 0 saturated heterocycles. The van der Waals surface area contributed by atoms with Crippen LogP contribution in [-0.4, -0.2) is 30.6 Å². The van der Waals surface area contributed by atoms with Crippen molar-refractivity contribution in [1.82, 2.24) is 24.6 Å². The Morgan fingerprint density at radius 1 is 1.25 bits per heavy atom. The van der Waals surface area contributed by atoms with Crippen molar-refractivity contribution in [1.29, 1.82) is 0 Å². The van der Waals surface area contributed by atoms with Gasteiger partial charge in [0.1, 0.15) is 11.3 Å². The van der Waals surface area contributed by atoms with Crippen LogP contribution in [0.1, 0.15) is 24.4 Å². The molecule has 138 valence electrons. The minimum Gasteiger partial charge on any atom is -0.328 e. The first-order valence-corrected chi connectivity index (χ1v) is 8.70. The highest BCUT2D eigenvalue weighted by Crippen LogP contribution is 2.29. The molecule has 3 aromatic heterocycles. The maximum atomic E-state index is 15.0. The number of nitrogens with zero attached hydrogens (tertiary/aromatic N) is 5. The molecular formula is C21H16FN5O. The molecule has 0 radical (unpaired) electrons. The van der Waals surface area contributed by atoms with Gasteiger partial charge in [-0.3, -0.25) is 19.4 Å². The molecular weight excluding hydrogens is 357 g/mol. The maximum Gasteiger partial charge on any atom is 0.256 e. The van der Waals surface area contributed by atoms with Crippen LogP contribution < -0.4 is 0 Å². The lowest BCUT2D eigenvalue weighted by atomic mass is 10.0. The number of rotatable bonds is 3. The molecule has 1 amide bonds. The van der Waals surface area contributed by atoms with Crippen LogP contribution in [0.2, 0.25) is 0 Å². The summed E-state index contributed by atoms with van der Waals surface area (Å²) < 4.78 is 33.3. The van der Waals surface area contributed by atoms with Gasteiger partial charge in [0.2, 0.25) is 0 Å². The molecule has 6 nitrogen and oxygen atoms in total. The zero-order chi connectivity index (χ0) is 21.0. The van der Waals surface area contributed by atoms with Gasteiger partial charge >= 0.3 is 0 Å². The third kappa shape index (κ3) is 2.63. The number of aromatic nitrogens is 4. The van der Waals surface area contributed by atoms with E-state index in [1.165, 1.54) is 18.3 Å². The molecule has 0 fully saturated rings. The summed E-state index contributed by atoms with van der Waals surface area (Å²) in [6.45, 7) is -2.31. The summed E-state index contributed by atoms with van der Waals surface area (Å²) in [7, 11) is 1.81. The first-order valence-electron chi connectivity index (χ1n) is 9.70. The van der Waals surface area contributed by atoms with Crippen LogP contribution in [0.3, 0.4) is 0 Å². The SMILES string of the molecule is [2H]C1([2H])c2ncccc2C(=O)N1Cc1ccc(-c2cncc3nn(C)cc23)cc1F. The lowest BCUT2D eigenvalue weighted by Crippen LogP contribution is -2.23. The molecule has 0 atom stereocenters. The number of halogens is 1. The molecule has 0 saturated carbocycles. The van der Waals surface area contributed by atoms with E-state index in [-0.39, 0.29) is 23.4 Å². The molecule has 7 heteroatoms. The fraction of sp³-hybridized carbons (Fsp3) is 0.143. The van der Waals surface area contributed by atoms with Crippen molar-refractivity contribution >= 4 is 16.8 Å². The molecule has 28 heavy (non-hydrogen) atoms. The van der Waals surface area contributed by atoms with Crippen molar-refractivity contribution in [3.63, 3.8) is 0 Å². The lowest BCUT2D eigenvalue weighted by Gasteiger charge is -2.16. The number of hydrogen-bond acceptors (Lipinski definition) is 4. The van der Waals surface area contributed by atoms with Crippen molar-refractivity contribution in [2.45, 2.75) is 13.0 Å². The quantitative estimate of drug-likeness (QED) is 0.551. The standard InChI is InChI=1S/C21H16FN5O/c1-26-11-17-16(8-23-9-19(17)25-26)13-4-5-14(18(22)7-13)10-27-12-20-15(21(27)28)3-2-6-24-20/h2-9,11H,10,12H2,1H3/i12D2. The average molecular weight is 375 g/mol. The van der Waals surface area contributed by atoms with E-state index in [4.69, 9.17) is 2.74 Å². The van der Waals surface area contributed by atoms with Gasteiger partial charge in [0, 0.05) is 48.7 Å². The average Bonchev–Trinajstić information content (AvgIpc) is 3.19. The number of carbonyl (C=O) groups is 1. The number of carbonyl (C=O) groups excluding carboxylic acids is 1. The lowest BCUT2D eigenvalue weighted by molar-refractivity contribution is 0.0765. The normalized spacial score (nSPS) is 16.2. The van der Waals surface area contributed by atoms with E-state index in [0.29, 0.717) is 11.1 Å². The first-order chi connectivity index (χ1) is 14.4. The second-order valence-corrected chi connectivity index (χ2v) is 6.63. The monoisotopic (exact) mass is 375 g/mol. The fourth-order valence-electron chi connectivity index (χ4n) is 3.41. The van der Waals surface area contributed by atoms with Crippen molar-refractivity contribution < 1.29 is 11.9 Å². The Kier molecular flexibility index (Phi) is 3.21. The Bertz CT molecular complexity index is 1320. The van der Waals surface area contributed by atoms with Crippen LogP contribution in [-0.2, 0) is 20.1 Å². The van der Waals surface area contributed by atoms with Gasteiger partial charge in [0.25, 0.3) is 5.91 Å². The zero-order valence-corrected chi connectivity index (χ0v) is 14.9.